The van der Waals surface area contributed by atoms with Crippen molar-refractivity contribution in [3.8, 4) is 0 Å². The molecule has 0 amide bonds. The summed E-state index contributed by atoms with van der Waals surface area (Å²) in [6.07, 6.45) is 0. The van der Waals surface area contributed by atoms with Crippen LogP contribution in [0.15, 0.2) is 63.9 Å². The zero-order chi connectivity index (χ0) is 14.0. The highest BCUT2D eigenvalue weighted by atomic mass is 32.2. The smallest absolute Gasteiger partial charge is 0.219 e. The molecule has 0 saturated heterocycles. The predicted molar refractivity (Wildman–Crippen MR) is 81.4 cm³/mol. The van der Waals surface area contributed by atoms with Gasteiger partial charge in [-0.2, -0.15) is 0 Å². The van der Waals surface area contributed by atoms with Crippen LogP contribution < -0.4 is 0 Å². The van der Waals surface area contributed by atoms with Crippen LogP contribution in [0.2, 0.25) is 0 Å². The molecule has 1 aliphatic heterocycles. The Labute approximate surface area is 120 Å². The number of aliphatic imine (C=N–C) groups is 1. The Morgan fingerprint density at radius 2 is 1.70 bits per heavy atom. The minimum Gasteiger partial charge on any atom is -0.245 e. The second kappa shape index (κ2) is 5.15. The zero-order valence-electron chi connectivity index (χ0n) is 10.3. The summed E-state index contributed by atoms with van der Waals surface area (Å²) in [5.41, 5.74) is 4.48. The van der Waals surface area contributed by atoms with Gasteiger partial charge in [-0.3, -0.25) is 0 Å². The lowest BCUT2D eigenvalue weighted by molar-refractivity contribution is 0.609. The second-order valence-corrected chi connectivity index (χ2v) is 6.69. The number of aromatic nitrogens is 1. The van der Waals surface area contributed by atoms with Gasteiger partial charge < -0.3 is 0 Å². The van der Waals surface area contributed by atoms with Gasteiger partial charge in [0.1, 0.15) is 5.55 Å². The monoisotopic (exact) mass is 302 g/mol. The number of sulfone groups is 1. The summed E-state index contributed by atoms with van der Waals surface area (Å²) in [6.45, 7) is 0. The van der Waals surface area contributed by atoms with E-state index in [9.17, 15) is 8.42 Å². The van der Waals surface area contributed by atoms with E-state index in [1.165, 1.54) is 4.70 Å². The van der Waals surface area contributed by atoms with Gasteiger partial charge in [0, 0.05) is 0 Å². The molecule has 0 saturated carbocycles. The molecular formula is C14H10N2O2S2. The molecule has 0 spiro atoms. The Morgan fingerprint density at radius 3 is 2.50 bits per heavy atom. The van der Waals surface area contributed by atoms with E-state index in [1.807, 2.05) is 23.7 Å². The molecule has 1 aromatic heterocycles. The molecule has 4 nitrogen and oxygen atoms in total. The number of rotatable bonds is 0. The first-order valence-electron chi connectivity index (χ1n) is 5.83. The summed E-state index contributed by atoms with van der Waals surface area (Å²) in [4.78, 5) is 8.18. The van der Waals surface area contributed by atoms with E-state index in [0.29, 0.717) is 10.6 Å². The molecule has 20 heavy (non-hydrogen) atoms. The normalized spacial score (nSPS) is 14.6. The fraction of sp³-hybridized carbons (Fsp3) is 0. The van der Waals surface area contributed by atoms with Crippen LogP contribution in [0.25, 0.3) is 10.2 Å². The third-order valence-corrected chi connectivity index (χ3v) is 4.89. The molecule has 4 rings (SSSR count). The average molecular weight is 302 g/mol. The van der Waals surface area contributed by atoms with Gasteiger partial charge in [0.15, 0.2) is 0 Å². The molecular weight excluding hydrogens is 292 g/mol. The van der Waals surface area contributed by atoms with Gasteiger partial charge in [-0.05, 0) is 24.3 Å². The molecule has 0 fully saturated rings. The Kier molecular flexibility index (Phi) is 3.33. The Morgan fingerprint density at radius 1 is 0.950 bits per heavy atom. The first kappa shape index (κ1) is 13.0. The van der Waals surface area contributed by atoms with Crippen molar-refractivity contribution in [3.05, 3.63) is 54.0 Å². The van der Waals surface area contributed by atoms with Crippen molar-refractivity contribution < 1.29 is 8.42 Å². The second-order valence-electron chi connectivity index (χ2n) is 4.07. The van der Waals surface area contributed by atoms with E-state index in [4.69, 9.17) is 0 Å². The lowest BCUT2D eigenvalue weighted by atomic mass is 10.3. The molecule has 6 heteroatoms. The standard InChI is InChI=1S/C7H5NO2S.C7H5NS/c9-11(10)5-8-6-3-1-2-4-7(6)11;1-2-4-7-6(3-1)8-5-9-7/h1-5H;1-5H. The third kappa shape index (κ3) is 2.48. The lowest BCUT2D eigenvalue weighted by Crippen LogP contribution is -1.95. The number of para-hydroxylation sites is 2. The first-order chi connectivity index (χ1) is 9.67. The maximum atomic E-state index is 11.1. The highest BCUT2D eigenvalue weighted by Crippen LogP contribution is 2.28. The number of thiazole rings is 1. The van der Waals surface area contributed by atoms with Crippen molar-refractivity contribution in [2.24, 2.45) is 4.99 Å². The summed E-state index contributed by atoms with van der Waals surface area (Å²) in [5, 5.41) is 0. The van der Waals surface area contributed by atoms with E-state index < -0.39 is 9.84 Å². The molecule has 0 bridgehead atoms. The van der Waals surface area contributed by atoms with Crippen molar-refractivity contribution >= 4 is 42.6 Å². The molecule has 0 aliphatic carbocycles. The molecule has 2 heterocycles. The van der Waals surface area contributed by atoms with Gasteiger partial charge in [0.2, 0.25) is 9.84 Å². The van der Waals surface area contributed by atoms with E-state index in [0.717, 1.165) is 11.1 Å². The van der Waals surface area contributed by atoms with Gasteiger partial charge in [-0.15, -0.1) is 11.3 Å². The average Bonchev–Trinajstić information content (AvgIpc) is 3.05. The van der Waals surface area contributed by atoms with E-state index in [2.05, 4.69) is 16.0 Å². The minimum atomic E-state index is -3.20. The van der Waals surface area contributed by atoms with E-state index in [-0.39, 0.29) is 0 Å². The predicted octanol–water partition coefficient (Wildman–Crippen LogP) is 3.43. The van der Waals surface area contributed by atoms with Gasteiger partial charge in [0.05, 0.1) is 26.3 Å². The summed E-state index contributed by atoms with van der Waals surface area (Å²) >= 11 is 1.68. The molecule has 1 aliphatic rings. The third-order valence-electron chi connectivity index (χ3n) is 2.74. The van der Waals surface area contributed by atoms with Crippen LogP contribution in [-0.4, -0.2) is 18.9 Å². The van der Waals surface area contributed by atoms with Gasteiger partial charge in [0.25, 0.3) is 0 Å². The quantitative estimate of drug-likeness (QED) is 0.639. The summed E-state index contributed by atoms with van der Waals surface area (Å²) in [5.74, 6) is 0. The van der Waals surface area contributed by atoms with Crippen LogP contribution in [0.3, 0.4) is 0 Å². The van der Waals surface area contributed by atoms with Crippen LogP contribution in [-0.2, 0) is 9.84 Å². The van der Waals surface area contributed by atoms with Gasteiger partial charge >= 0.3 is 0 Å². The van der Waals surface area contributed by atoms with Crippen molar-refractivity contribution in [2.75, 3.05) is 0 Å². The van der Waals surface area contributed by atoms with Crippen molar-refractivity contribution in [3.63, 3.8) is 0 Å². The number of hydrogen-bond acceptors (Lipinski definition) is 5. The SMILES string of the molecule is O=S1(=O)C=Nc2ccccc21.c1ccc2scnc2c1. The zero-order valence-corrected chi connectivity index (χ0v) is 11.9. The Hall–Kier alpha value is -2.05. The molecule has 0 radical (unpaired) electrons. The van der Waals surface area contributed by atoms with E-state index in [1.54, 1.807) is 35.6 Å². The van der Waals surface area contributed by atoms with E-state index >= 15 is 0 Å². The van der Waals surface area contributed by atoms with Gasteiger partial charge in [-0.1, -0.05) is 24.3 Å². The summed E-state index contributed by atoms with van der Waals surface area (Å²) in [6, 6.07) is 14.8. The van der Waals surface area contributed by atoms with Crippen molar-refractivity contribution in [1.29, 1.82) is 0 Å². The van der Waals surface area contributed by atoms with Crippen LogP contribution >= 0.6 is 11.3 Å². The number of nitrogens with zero attached hydrogens (tertiary/aromatic N) is 2. The number of hydrogen-bond donors (Lipinski definition) is 0. The molecule has 0 atom stereocenters. The van der Waals surface area contributed by atoms with Crippen LogP contribution in [0.1, 0.15) is 0 Å². The highest BCUT2D eigenvalue weighted by Gasteiger charge is 2.20. The highest BCUT2D eigenvalue weighted by molar-refractivity contribution is 8.05. The van der Waals surface area contributed by atoms with Crippen molar-refractivity contribution in [2.45, 2.75) is 4.90 Å². The topological polar surface area (TPSA) is 59.4 Å². The Balaban J connectivity index is 0.000000123. The minimum absolute atomic E-state index is 0.306. The fourth-order valence-electron chi connectivity index (χ4n) is 1.79. The molecule has 3 aromatic rings. The van der Waals surface area contributed by atoms with Crippen LogP contribution in [0.5, 0.6) is 0 Å². The number of fused-ring (bicyclic) bond motifs is 2. The number of benzene rings is 2. The largest absolute Gasteiger partial charge is 0.245 e. The summed E-state index contributed by atoms with van der Waals surface area (Å²) in [7, 11) is -3.20. The maximum Gasteiger partial charge on any atom is 0.219 e. The van der Waals surface area contributed by atoms with Crippen molar-refractivity contribution in [1.82, 2.24) is 4.98 Å². The van der Waals surface area contributed by atoms with Crippen LogP contribution in [0, 0.1) is 0 Å². The maximum absolute atomic E-state index is 11.1. The van der Waals surface area contributed by atoms with Crippen LogP contribution in [0.4, 0.5) is 5.69 Å². The Bertz CT molecular complexity index is 853. The van der Waals surface area contributed by atoms with Gasteiger partial charge in [-0.25, -0.2) is 18.4 Å². The molecule has 100 valence electrons. The summed E-state index contributed by atoms with van der Waals surface area (Å²) < 4.78 is 23.5. The molecule has 2 aromatic carbocycles. The first-order valence-corrected chi connectivity index (χ1v) is 8.26. The molecule has 0 N–H and O–H groups in total. The molecule has 0 unspecified atom stereocenters. The lowest BCUT2D eigenvalue weighted by Gasteiger charge is -1.92. The fourth-order valence-corrected chi connectivity index (χ4v) is 3.52.